The maximum atomic E-state index is 13.8. The molecule has 1 atom stereocenters. The topological polar surface area (TPSA) is 183 Å². The van der Waals surface area contributed by atoms with Crippen LogP contribution in [-0.2, 0) is 28.7 Å². The highest BCUT2D eigenvalue weighted by molar-refractivity contribution is 5.99. The summed E-state index contributed by atoms with van der Waals surface area (Å²) in [6, 6.07) is 6.21. The average Bonchev–Trinajstić information content (AvgIpc) is 3.66. The molecule has 1 aromatic carbocycles. The molecule has 1 aliphatic heterocycles. The highest BCUT2D eigenvalue weighted by Crippen LogP contribution is 2.37. The summed E-state index contributed by atoms with van der Waals surface area (Å²) in [5.74, 6) is -0.222. The number of benzene rings is 1. The van der Waals surface area contributed by atoms with Crippen LogP contribution in [-0.4, -0.2) is 84.7 Å². The van der Waals surface area contributed by atoms with Crippen molar-refractivity contribution in [1.82, 2.24) is 39.7 Å². The fourth-order valence-electron chi connectivity index (χ4n) is 5.00. The Morgan fingerprint density at radius 3 is 2.61 bits per heavy atom. The summed E-state index contributed by atoms with van der Waals surface area (Å²) in [5, 5.41) is 28.5. The average molecular weight is 641 g/mol. The highest BCUT2D eigenvalue weighted by atomic mass is 19.4. The predicted molar refractivity (Wildman–Crippen MR) is 159 cm³/mol. The predicted octanol–water partition coefficient (Wildman–Crippen LogP) is 2.69. The van der Waals surface area contributed by atoms with Gasteiger partial charge in [-0.15, -0.1) is 0 Å². The van der Waals surface area contributed by atoms with Gasteiger partial charge >= 0.3 is 6.18 Å². The summed E-state index contributed by atoms with van der Waals surface area (Å²) in [6.07, 6.45) is 1.15. The van der Waals surface area contributed by atoms with E-state index in [0.717, 1.165) is 10.2 Å². The van der Waals surface area contributed by atoms with Crippen molar-refractivity contribution in [2.75, 3.05) is 31.5 Å². The first kappa shape index (κ1) is 33.4. The van der Waals surface area contributed by atoms with E-state index in [4.69, 9.17) is 15.2 Å². The van der Waals surface area contributed by atoms with Gasteiger partial charge in [0.25, 0.3) is 12.4 Å². The molecule has 0 unspecified atom stereocenters. The number of nitriles is 1. The van der Waals surface area contributed by atoms with Gasteiger partial charge in [-0.3, -0.25) is 23.5 Å². The number of carbonyl (C=O) groups excluding carboxylic acids is 2. The van der Waals surface area contributed by atoms with Crippen molar-refractivity contribution in [2.24, 2.45) is 0 Å². The van der Waals surface area contributed by atoms with Crippen LogP contribution < -0.4 is 16.0 Å². The van der Waals surface area contributed by atoms with E-state index in [1.807, 2.05) is 6.92 Å². The number of carbonyl (C=O) groups is 3. The van der Waals surface area contributed by atoms with Crippen LogP contribution in [0.2, 0.25) is 0 Å². The Morgan fingerprint density at radius 1 is 1.24 bits per heavy atom. The number of hydrogen-bond donors (Lipinski definition) is 4. The van der Waals surface area contributed by atoms with E-state index in [2.05, 4.69) is 31.0 Å². The second-order valence-electron chi connectivity index (χ2n) is 10.1. The molecule has 4 aromatic rings. The van der Waals surface area contributed by atoms with E-state index in [9.17, 15) is 22.8 Å². The normalized spacial score (nSPS) is 13.7. The van der Waals surface area contributed by atoms with Crippen molar-refractivity contribution < 1.29 is 32.7 Å². The van der Waals surface area contributed by atoms with E-state index < -0.39 is 17.9 Å². The second-order valence-corrected chi connectivity index (χ2v) is 10.1. The summed E-state index contributed by atoms with van der Waals surface area (Å²) in [4.78, 5) is 44.6. The monoisotopic (exact) mass is 640 g/mol. The van der Waals surface area contributed by atoms with Gasteiger partial charge in [-0.25, -0.2) is 9.97 Å². The number of piperazine rings is 1. The van der Waals surface area contributed by atoms with Crippen LogP contribution in [0.25, 0.3) is 16.9 Å². The van der Waals surface area contributed by atoms with Gasteiger partial charge in [0.15, 0.2) is 17.2 Å². The maximum absolute atomic E-state index is 13.8. The van der Waals surface area contributed by atoms with Crippen molar-refractivity contribution in [3.8, 4) is 17.3 Å². The third-order valence-corrected chi connectivity index (χ3v) is 7.11. The molecule has 1 saturated heterocycles. The lowest BCUT2D eigenvalue weighted by molar-refractivity contribution is -0.141. The van der Waals surface area contributed by atoms with Gasteiger partial charge in [-0.1, -0.05) is 6.92 Å². The van der Waals surface area contributed by atoms with Gasteiger partial charge < -0.3 is 26.0 Å². The Bertz CT molecular complexity index is 1760. The lowest BCUT2D eigenvalue weighted by Gasteiger charge is -2.30. The molecule has 3 aromatic heterocycles. The van der Waals surface area contributed by atoms with Crippen LogP contribution in [0.5, 0.6) is 0 Å². The molecule has 2 amide bonds. The largest absolute Gasteiger partial charge is 0.483 e. The first-order valence-electron chi connectivity index (χ1n) is 14.1. The van der Waals surface area contributed by atoms with E-state index in [-0.39, 0.29) is 47.6 Å². The molecule has 242 valence electrons. The quantitative estimate of drug-likeness (QED) is 0.209. The fraction of sp³-hybridized carbons (Fsp3) is 0.345. The third kappa shape index (κ3) is 7.41. The SMILES string of the molecule is CCc1cc(Nc2nccn3c(-c4cn(CC#N)nc4C(F)(F)F)cnc23)ccc1C(=O)N[C@H](C)C(=O)N1CCNCC1.O=CO. The van der Waals surface area contributed by atoms with Crippen LogP contribution in [0.3, 0.4) is 0 Å². The molecule has 14 nitrogen and oxygen atoms in total. The number of carboxylic acid groups (broad SMARTS) is 1. The molecule has 0 radical (unpaired) electrons. The molecule has 1 fully saturated rings. The van der Waals surface area contributed by atoms with Crippen molar-refractivity contribution >= 4 is 35.4 Å². The summed E-state index contributed by atoms with van der Waals surface area (Å²) in [5.41, 5.74) is 0.779. The van der Waals surface area contributed by atoms with E-state index in [0.29, 0.717) is 43.9 Å². The number of hydrogen-bond acceptors (Lipinski definition) is 9. The number of halogens is 3. The van der Waals surface area contributed by atoms with E-state index in [1.54, 1.807) is 36.1 Å². The van der Waals surface area contributed by atoms with Crippen LogP contribution >= 0.6 is 0 Å². The molecule has 17 heteroatoms. The zero-order valence-corrected chi connectivity index (χ0v) is 24.9. The smallest absolute Gasteiger partial charge is 0.435 e. The Hall–Kier alpha value is -5.50. The van der Waals surface area contributed by atoms with Crippen molar-refractivity contribution in [2.45, 2.75) is 39.0 Å². The van der Waals surface area contributed by atoms with Gasteiger partial charge in [0.1, 0.15) is 12.6 Å². The van der Waals surface area contributed by atoms with Gasteiger partial charge in [-0.2, -0.15) is 23.5 Å². The summed E-state index contributed by atoms with van der Waals surface area (Å²) < 4.78 is 43.7. The number of fused-ring (bicyclic) bond motifs is 1. The summed E-state index contributed by atoms with van der Waals surface area (Å²) in [7, 11) is 0. The number of nitrogens with one attached hydrogen (secondary N) is 3. The molecule has 5 rings (SSSR count). The number of nitrogens with zero attached hydrogens (tertiary/aromatic N) is 7. The zero-order chi connectivity index (χ0) is 33.4. The molecule has 1 aliphatic rings. The third-order valence-electron chi connectivity index (χ3n) is 7.11. The summed E-state index contributed by atoms with van der Waals surface area (Å²) >= 11 is 0. The lowest BCUT2D eigenvalue weighted by Crippen LogP contribution is -2.53. The molecule has 0 bridgehead atoms. The number of amides is 2. The van der Waals surface area contributed by atoms with Gasteiger partial charge in [0.2, 0.25) is 5.91 Å². The molecular formula is C29H31F3N10O4. The standard InChI is InChI=1S/C28H29F3N10O2.CH2O2/c1-3-18-14-19(4-5-20(18)26(42)36-17(2)27(43)39-11-7-33-8-12-39)37-24-25-35-15-22(41(25)13-9-34-24)21-16-40(10-6-32)38-23(21)28(29,30)31;2-1-3/h4-5,9,13-17,33H,3,7-8,10-12H2,1-2H3,(H,34,37)(H,36,42);1H,(H,2,3)/t17-;/m1./s1. The summed E-state index contributed by atoms with van der Waals surface area (Å²) in [6.45, 7) is 5.58. The minimum Gasteiger partial charge on any atom is -0.483 e. The fourth-order valence-corrected chi connectivity index (χ4v) is 5.00. The first-order valence-corrected chi connectivity index (χ1v) is 14.1. The molecule has 0 spiro atoms. The number of imidazole rings is 1. The van der Waals surface area contributed by atoms with Crippen LogP contribution in [0.1, 0.15) is 35.5 Å². The minimum absolute atomic E-state index is 0.128. The molecule has 4 N–H and O–H groups in total. The maximum Gasteiger partial charge on any atom is 0.435 e. The van der Waals surface area contributed by atoms with Gasteiger partial charge in [0, 0.05) is 56.0 Å². The Kier molecular flexibility index (Phi) is 10.5. The Labute approximate surface area is 260 Å². The van der Waals surface area contributed by atoms with Crippen molar-refractivity contribution in [3.63, 3.8) is 0 Å². The number of aryl methyl sites for hydroxylation is 1. The van der Waals surface area contributed by atoms with Crippen LogP contribution in [0.15, 0.2) is 43.0 Å². The second kappa shape index (κ2) is 14.5. The molecule has 0 aliphatic carbocycles. The van der Waals surface area contributed by atoms with Gasteiger partial charge in [0.05, 0.1) is 23.5 Å². The molecule has 46 heavy (non-hydrogen) atoms. The lowest BCUT2D eigenvalue weighted by atomic mass is 10.0. The molecule has 4 heterocycles. The molecular weight excluding hydrogens is 609 g/mol. The van der Waals surface area contributed by atoms with E-state index >= 15 is 0 Å². The number of aromatic nitrogens is 5. The number of rotatable bonds is 8. The Morgan fingerprint density at radius 2 is 1.96 bits per heavy atom. The number of alkyl halides is 3. The first-order chi connectivity index (χ1) is 22.0. The van der Waals surface area contributed by atoms with Gasteiger partial charge in [-0.05, 0) is 37.1 Å². The van der Waals surface area contributed by atoms with Crippen LogP contribution in [0.4, 0.5) is 24.7 Å². The van der Waals surface area contributed by atoms with E-state index in [1.165, 1.54) is 29.2 Å². The zero-order valence-electron chi connectivity index (χ0n) is 24.9. The highest BCUT2D eigenvalue weighted by Gasteiger charge is 2.38. The van der Waals surface area contributed by atoms with Crippen LogP contribution in [0, 0.1) is 11.3 Å². The van der Waals surface area contributed by atoms with Crippen molar-refractivity contribution in [1.29, 1.82) is 5.26 Å². The van der Waals surface area contributed by atoms with Crippen molar-refractivity contribution in [3.05, 3.63) is 59.8 Å². The Balaban J connectivity index is 0.00000154. The minimum atomic E-state index is -4.74. The molecule has 0 saturated carbocycles. The number of anilines is 2.